The van der Waals surface area contributed by atoms with Crippen LogP contribution in [0, 0.1) is 0 Å². The number of benzene rings is 4. The van der Waals surface area contributed by atoms with E-state index in [-0.39, 0.29) is 11.9 Å². The number of aromatic nitrogens is 4. The minimum absolute atomic E-state index is 0.125. The van der Waals surface area contributed by atoms with Crippen molar-refractivity contribution in [2.24, 2.45) is 0 Å². The van der Waals surface area contributed by atoms with Gasteiger partial charge in [-0.2, -0.15) is 4.98 Å². The molecule has 0 saturated carbocycles. The van der Waals surface area contributed by atoms with E-state index < -0.39 is 0 Å². The zero-order valence-corrected chi connectivity index (χ0v) is 20.2. The molecule has 2 N–H and O–H groups in total. The van der Waals surface area contributed by atoms with Crippen LogP contribution >= 0.6 is 0 Å². The summed E-state index contributed by atoms with van der Waals surface area (Å²) < 4.78 is 1.94. The highest BCUT2D eigenvalue weighted by molar-refractivity contribution is 6.09. The zero-order chi connectivity index (χ0) is 25.2. The summed E-state index contributed by atoms with van der Waals surface area (Å²) >= 11 is 0. The Labute approximate surface area is 213 Å². The summed E-state index contributed by atoms with van der Waals surface area (Å²) in [5.41, 5.74) is 4.20. The highest BCUT2D eigenvalue weighted by atomic mass is 16.1. The third-order valence-corrected chi connectivity index (χ3v) is 6.37. The Morgan fingerprint density at radius 2 is 1.68 bits per heavy atom. The van der Waals surface area contributed by atoms with Crippen LogP contribution in [0.5, 0.6) is 0 Å². The smallest absolute Gasteiger partial charge is 0.255 e. The number of para-hydroxylation sites is 2. The normalized spacial score (nSPS) is 11.9. The van der Waals surface area contributed by atoms with E-state index in [0.717, 1.165) is 38.9 Å². The molecule has 0 aliphatic heterocycles. The van der Waals surface area contributed by atoms with Gasteiger partial charge in [-0.15, -0.1) is 0 Å². The zero-order valence-electron chi connectivity index (χ0n) is 20.2. The molecular weight excluding hydrogens is 460 g/mol. The van der Waals surface area contributed by atoms with Gasteiger partial charge in [-0.25, -0.2) is 9.97 Å². The first-order valence-electron chi connectivity index (χ1n) is 12.1. The number of amides is 1. The molecule has 7 nitrogen and oxygen atoms in total. The molecule has 1 atom stereocenters. The van der Waals surface area contributed by atoms with Gasteiger partial charge in [0.15, 0.2) is 0 Å². The molecule has 0 spiro atoms. The second-order valence-corrected chi connectivity index (χ2v) is 8.81. The van der Waals surface area contributed by atoms with Gasteiger partial charge >= 0.3 is 0 Å². The Balaban J connectivity index is 1.21. The van der Waals surface area contributed by atoms with Crippen LogP contribution in [0.1, 0.15) is 28.9 Å². The Morgan fingerprint density at radius 1 is 0.865 bits per heavy atom. The van der Waals surface area contributed by atoms with Crippen LogP contribution in [0.2, 0.25) is 0 Å². The van der Waals surface area contributed by atoms with Gasteiger partial charge in [0.2, 0.25) is 5.95 Å². The number of anilines is 2. The van der Waals surface area contributed by atoms with E-state index in [4.69, 9.17) is 4.98 Å². The highest BCUT2D eigenvalue weighted by Crippen LogP contribution is 2.25. The van der Waals surface area contributed by atoms with Crippen molar-refractivity contribution >= 4 is 39.3 Å². The molecule has 2 heterocycles. The molecule has 0 fully saturated rings. The molecule has 0 saturated heterocycles. The second kappa shape index (κ2) is 9.54. The van der Waals surface area contributed by atoms with E-state index in [1.54, 1.807) is 12.5 Å². The monoisotopic (exact) mass is 484 g/mol. The first-order valence-corrected chi connectivity index (χ1v) is 12.1. The van der Waals surface area contributed by atoms with E-state index in [2.05, 4.69) is 20.6 Å². The van der Waals surface area contributed by atoms with E-state index in [0.29, 0.717) is 11.5 Å². The van der Waals surface area contributed by atoms with Crippen LogP contribution in [0.3, 0.4) is 0 Å². The van der Waals surface area contributed by atoms with Gasteiger partial charge in [0.05, 0.1) is 17.1 Å². The second-order valence-electron chi connectivity index (χ2n) is 8.81. The summed E-state index contributed by atoms with van der Waals surface area (Å²) in [6.45, 7) is 2.02. The van der Waals surface area contributed by atoms with E-state index >= 15 is 0 Å². The number of fused-ring (bicyclic) bond motifs is 2. The lowest BCUT2D eigenvalue weighted by atomic mass is 10.0. The molecule has 0 radical (unpaired) electrons. The van der Waals surface area contributed by atoms with Gasteiger partial charge in [-0.3, -0.25) is 9.36 Å². The van der Waals surface area contributed by atoms with Gasteiger partial charge in [0.1, 0.15) is 12.1 Å². The lowest BCUT2D eigenvalue weighted by molar-refractivity contribution is 0.102. The molecule has 7 heteroatoms. The Kier molecular flexibility index (Phi) is 5.78. The maximum absolute atomic E-state index is 13.1. The van der Waals surface area contributed by atoms with Crippen LogP contribution in [0.4, 0.5) is 11.6 Å². The molecule has 37 heavy (non-hydrogen) atoms. The fraction of sp³-hybridized carbons (Fsp3) is 0.0667. The number of hydrogen-bond acceptors (Lipinski definition) is 5. The number of nitrogens with zero attached hydrogens (tertiary/aromatic N) is 4. The predicted molar refractivity (Wildman–Crippen MR) is 147 cm³/mol. The number of hydrogen-bond donors (Lipinski definition) is 2. The number of nitrogens with one attached hydrogen (secondary N) is 2. The Bertz CT molecular complexity index is 1740. The topological polar surface area (TPSA) is 84.7 Å². The number of imidazole rings is 1. The van der Waals surface area contributed by atoms with Gasteiger partial charge in [0, 0.05) is 22.8 Å². The van der Waals surface area contributed by atoms with E-state index in [1.165, 1.54) is 0 Å². The maximum atomic E-state index is 13.1. The number of carbonyl (C=O) groups is 1. The average Bonchev–Trinajstić information content (AvgIpc) is 3.38. The minimum Gasteiger partial charge on any atom is -0.348 e. The maximum Gasteiger partial charge on any atom is 0.255 e. The van der Waals surface area contributed by atoms with Crippen molar-refractivity contribution in [1.29, 1.82) is 0 Å². The number of carbonyl (C=O) groups excluding carboxylic acids is 1. The lowest BCUT2D eigenvalue weighted by Gasteiger charge is -2.16. The summed E-state index contributed by atoms with van der Waals surface area (Å²) in [5.74, 6) is 1.06. The van der Waals surface area contributed by atoms with Crippen molar-refractivity contribution in [3.05, 3.63) is 121 Å². The molecular formula is C30H24N6O. The molecule has 4 aromatic carbocycles. The first-order chi connectivity index (χ1) is 18.2. The van der Waals surface area contributed by atoms with Crippen molar-refractivity contribution < 1.29 is 4.79 Å². The molecule has 6 rings (SSSR count). The van der Waals surface area contributed by atoms with Crippen LogP contribution in [-0.4, -0.2) is 25.4 Å². The van der Waals surface area contributed by atoms with Gasteiger partial charge in [0.25, 0.3) is 5.91 Å². The highest BCUT2D eigenvalue weighted by Gasteiger charge is 2.13. The quantitative estimate of drug-likeness (QED) is 0.286. The molecule has 2 aromatic heterocycles. The molecule has 0 aliphatic carbocycles. The van der Waals surface area contributed by atoms with Crippen molar-refractivity contribution in [3.8, 4) is 5.82 Å². The molecule has 0 bridgehead atoms. The number of rotatable bonds is 6. The summed E-state index contributed by atoms with van der Waals surface area (Å²) in [6, 6.07) is 31.1. The van der Waals surface area contributed by atoms with E-state index in [1.807, 2.05) is 109 Å². The fourth-order valence-electron chi connectivity index (χ4n) is 4.45. The van der Waals surface area contributed by atoms with Crippen molar-refractivity contribution in [3.63, 3.8) is 0 Å². The van der Waals surface area contributed by atoms with Gasteiger partial charge in [-0.05, 0) is 54.3 Å². The molecule has 180 valence electrons. The first kappa shape index (κ1) is 22.4. The van der Waals surface area contributed by atoms with Crippen molar-refractivity contribution in [2.45, 2.75) is 13.0 Å². The molecule has 6 aromatic rings. The Hall–Kier alpha value is -5.04. The third-order valence-electron chi connectivity index (χ3n) is 6.37. The fourth-order valence-corrected chi connectivity index (χ4v) is 4.45. The van der Waals surface area contributed by atoms with Crippen LogP contribution in [-0.2, 0) is 0 Å². The Morgan fingerprint density at radius 3 is 2.62 bits per heavy atom. The van der Waals surface area contributed by atoms with Gasteiger partial charge in [-0.1, -0.05) is 60.7 Å². The third kappa shape index (κ3) is 4.50. The molecule has 1 amide bonds. The van der Waals surface area contributed by atoms with Crippen molar-refractivity contribution in [2.75, 3.05) is 10.6 Å². The lowest BCUT2D eigenvalue weighted by Crippen LogP contribution is -2.14. The molecule has 1 unspecified atom stereocenters. The summed E-state index contributed by atoms with van der Waals surface area (Å²) in [7, 11) is 0. The minimum atomic E-state index is -0.157. The van der Waals surface area contributed by atoms with Crippen LogP contribution < -0.4 is 10.6 Å². The van der Waals surface area contributed by atoms with Crippen LogP contribution in [0.15, 0.2) is 110 Å². The largest absolute Gasteiger partial charge is 0.348 e. The van der Waals surface area contributed by atoms with Crippen molar-refractivity contribution in [1.82, 2.24) is 19.5 Å². The van der Waals surface area contributed by atoms with E-state index in [9.17, 15) is 4.79 Å². The summed E-state index contributed by atoms with van der Waals surface area (Å²) in [5, 5.41) is 8.51. The summed E-state index contributed by atoms with van der Waals surface area (Å²) in [6.07, 6.45) is 3.48. The molecule has 0 aliphatic rings. The summed E-state index contributed by atoms with van der Waals surface area (Å²) in [4.78, 5) is 26.7. The average molecular weight is 485 g/mol. The predicted octanol–water partition coefficient (Wildman–Crippen LogP) is 6.39. The SMILES string of the molecule is CC(Nc1nccc(-n2cnc3ccccc32)n1)c1cccc(C(=O)Nc2cccc3ccccc23)c1. The standard InChI is InChI=1S/C30H24N6O/c1-20(33-30-31-17-16-28(35-30)36-19-32-26-13-4-5-15-27(26)36)22-10-6-11-23(18-22)29(37)34-25-14-7-9-21-8-2-3-12-24(21)25/h2-20H,1H3,(H,34,37)(H,31,33,35). The van der Waals surface area contributed by atoms with Crippen LogP contribution in [0.25, 0.3) is 27.6 Å². The van der Waals surface area contributed by atoms with Gasteiger partial charge < -0.3 is 10.6 Å².